The van der Waals surface area contributed by atoms with E-state index in [1.165, 1.54) is 108 Å². The maximum Gasteiger partial charge on any atom is 0.0540 e. The third-order valence-electron chi connectivity index (χ3n) is 17.8. The van der Waals surface area contributed by atoms with E-state index in [0.29, 0.717) is 0 Å². The SMILES string of the molecule is c1cc(-c2ccc3ccccc3c2)cc(N(c2cccc(-c3ccc4ccccc4c3)c2)c2ccc3c4ccc(N(c5cccc(-c6ccc7ccccc7c6)c5)c5cccc(-c6ccc7ccccc7c6)c5)c5cccc(c6cccc2c63)c54)c1. The van der Waals surface area contributed by atoms with E-state index in [1.807, 2.05) is 0 Å². The van der Waals surface area contributed by atoms with Gasteiger partial charge in [-0.25, -0.2) is 0 Å². The Morgan fingerprint density at radius 1 is 0.151 bits per heavy atom. The minimum atomic E-state index is 1.09. The summed E-state index contributed by atoms with van der Waals surface area (Å²) < 4.78 is 0. The van der Waals surface area contributed by atoms with Crippen LogP contribution in [-0.2, 0) is 0 Å². The molecule has 0 fully saturated rings. The zero-order valence-corrected chi connectivity index (χ0v) is 47.1. The molecule has 0 saturated carbocycles. The third-order valence-corrected chi connectivity index (χ3v) is 17.8. The van der Waals surface area contributed by atoms with Gasteiger partial charge in [0.2, 0.25) is 0 Å². The van der Waals surface area contributed by atoms with E-state index in [4.69, 9.17) is 0 Å². The molecule has 0 aliphatic rings. The molecule has 0 atom stereocenters. The summed E-state index contributed by atoms with van der Waals surface area (Å²) in [6.07, 6.45) is 0. The van der Waals surface area contributed by atoms with Crippen LogP contribution in [0.1, 0.15) is 0 Å². The van der Waals surface area contributed by atoms with E-state index in [0.717, 1.165) is 56.4 Å². The van der Waals surface area contributed by atoms with Crippen LogP contribution in [0.4, 0.5) is 34.1 Å². The molecule has 0 aliphatic heterocycles. The molecule has 17 aromatic rings. The minimum Gasteiger partial charge on any atom is -0.310 e. The first-order chi connectivity index (χ1) is 42.6. The first-order valence-corrected chi connectivity index (χ1v) is 29.7. The van der Waals surface area contributed by atoms with Gasteiger partial charge in [0.1, 0.15) is 0 Å². The number of hydrogen-bond donors (Lipinski definition) is 0. The van der Waals surface area contributed by atoms with Crippen molar-refractivity contribution < 1.29 is 0 Å². The highest BCUT2D eigenvalue weighted by Gasteiger charge is 2.24. The van der Waals surface area contributed by atoms with Crippen LogP contribution in [0.25, 0.3) is 131 Å². The average molecular weight is 1090 g/mol. The third kappa shape index (κ3) is 8.41. The quantitative estimate of drug-likeness (QED) is 0.0995. The normalized spacial score (nSPS) is 11.7. The van der Waals surface area contributed by atoms with Crippen molar-refractivity contribution in [1.82, 2.24) is 0 Å². The van der Waals surface area contributed by atoms with Crippen LogP contribution in [-0.4, -0.2) is 0 Å². The van der Waals surface area contributed by atoms with E-state index >= 15 is 0 Å². The fourth-order valence-corrected chi connectivity index (χ4v) is 13.7. The standard InChI is InChI=1S/C84H54N2/c1-5-19-59-47-67(39-35-55(59)15-1)63-23-9-27-71(51-63)85(72-28-10-24-64(52-72)68-40-36-56-16-2-6-20-60(56)48-68)81-45-43-77-78-44-46-82(80-34-14-32-76(84(78)80)75-31-13-33-79(81)83(75)77)86(73-29-11-25-65(53-73)69-41-37-57-17-3-7-21-61(57)49-69)74-30-12-26-66(54-74)70-42-38-58-18-4-8-22-62(58)50-70/h1-54H. The summed E-state index contributed by atoms with van der Waals surface area (Å²) in [5.74, 6) is 0. The van der Waals surface area contributed by atoms with Crippen LogP contribution < -0.4 is 9.80 Å². The fraction of sp³-hybridized carbons (Fsp3) is 0. The number of benzene rings is 17. The van der Waals surface area contributed by atoms with Crippen molar-refractivity contribution in [3.05, 3.63) is 328 Å². The Hall–Kier alpha value is -11.3. The summed E-state index contributed by atoms with van der Waals surface area (Å²) >= 11 is 0. The van der Waals surface area contributed by atoms with Crippen molar-refractivity contribution in [3.8, 4) is 44.5 Å². The second-order valence-electron chi connectivity index (χ2n) is 22.8. The molecule has 0 unspecified atom stereocenters. The van der Waals surface area contributed by atoms with Crippen LogP contribution in [0.15, 0.2) is 328 Å². The Morgan fingerprint density at radius 3 is 0.698 bits per heavy atom. The molecule has 0 amide bonds. The second kappa shape index (κ2) is 20.2. The van der Waals surface area contributed by atoms with Crippen molar-refractivity contribution in [2.75, 3.05) is 9.80 Å². The fourth-order valence-electron chi connectivity index (χ4n) is 13.7. The zero-order valence-electron chi connectivity index (χ0n) is 47.1. The van der Waals surface area contributed by atoms with E-state index in [2.05, 4.69) is 337 Å². The van der Waals surface area contributed by atoms with Gasteiger partial charge < -0.3 is 9.80 Å². The molecule has 17 rings (SSSR count). The van der Waals surface area contributed by atoms with Gasteiger partial charge >= 0.3 is 0 Å². The van der Waals surface area contributed by atoms with E-state index in [1.54, 1.807) is 0 Å². The van der Waals surface area contributed by atoms with Crippen molar-refractivity contribution in [3.63, 3.8) is 0 Å². The van der Waals surface area contributed by atoms with E-state index in [9.17, 15) is 0 Å². The molecule has 86 heavy (non-hydrogen) atoms. The molecule has 0 aliphatic carbocycles. The first-order valence-electron chi connectivity index (χ1n) is 29.7. The van der Waals surface area contributed by atoms with Crippen molar-refractivity contribution in [1.29, 1.82) is 0 Å². The number of hydrogen-bond acceptors (Lipinski definition) is 2. The summed E-state index contributed by atoms with van der Waals surface area (Å²) in [5, 5.41) is 19.7. The molecule has 2 heteroatoms. The Balaban J connectivity index is 0.853. The lowest BCUT2D eigenvalue weighted by molar-refractivity contribution is 1.30. The van der Waals surface area contributed by atoms with Crippen LogP contribution in [0.3, 0.4) is 0 Å². The molecule has 0 N–H and O–H groups in total. The van der Waals surface area contributed by atoms with Crippen molar-refractivity contribution in [2.45, 2.75) is 0 Å². The topological polar surface area (TPSA) is 6.48 Å². The van der Waals surface area contributed by atoms with Crippen LogP contribution in [0.2, 0.25) is 0 Å². The first kappa shape index (κ1) is 49.3. The predicted octanol–water partition coefficient (Wildman–Crippen LogP) is 24.0. The molecular formula is C84H54N2. The monoisotopic (exact) mass is 1090 g/mol. The highest BCUT2D eigenvalue weighted by Crippen LogP contribution is 2.50. The van der Waals surface area contributed by atoms with Crippen LogP contribution in [0, 0.1) is 0 Å². The van der Waals surface area contributed by atoms with Gasteiger partial charge in [0.05, 0.1) is 11.4 Å². The Bertz CT molecular complexity index is 4910. The number of rotatable bonds is 10. The largest absolute Gasteiger partial charge is 0.310 e. The maximum absolute atomic E-state index is 2.48. The van der Waals surface area contributed by atoms with Gasteiger partial charge in [-0.2, -0.15) is 0 Å². The van der Waals surface area contributed by atoms with Gasteiger partial charge in [-0.15, -0.1) is 0 Å². The van der Waals surface area contributed by atoms with E-state index in [-0.39, 0.29) is 0 Å². The van der Waals surface area contributed by atoms with Gasteiger partial charge in [-0.1, -0.05) is 243 Å². The second-order valence-corrected chi connectivity index (χ2v) is 22.8. The maximum atomic E-state index is 2.48. The summed E-state index contributed by atoms with van der Waals surface area (Å²) in [5.41, 5.74) is 16.0. The highest BCUT2D eigenvalue weighted by molar-refractivity contribution is 6.35. The lowest BCUT2D eigenvalue weighted by Crippen LogP contribution is -2.11. The Labute approximate surface area is 499 Å². The molecule has 0 heterocycles. The zero-order chi connectivity index (χ0) is 56.7. The molecule has 0 bridgehead atoms. The lowest BCUT2D eigenvalue weighted by Gasteiger charge is -2.30. The van der Waals surface area contributed by atoms with Gasteiger partial charge in [0.15, 0.2) is 0 Å². The summed E-state index contributed by atoms with van der Waals surface area (Å²) in [6.45, 7) is 0. The van der Waals surface area contributed by atoms with Gasteiger partial charge in [-0.05, 0) is 205 Å². The molecular weight excluding hydrogens is 1040 g/mol. The molecule has 2 nitrogen and oxygen atoms in total. The Morgan fingerprint density at radius 2 is 0.395 bits per heavy atom. The Kier molecular flexibility index (Phi) is 11.6. The molecule has 0 spiro atoms. The predicted molar refractivity (Wildman–Crippen MR) is 369 cm³/mol. The minimum absolute atomic E-state index is 1.09. The molecule has 0 saturated heterocycles. The van der Waals surface area contributed by atoms with Gasteiger partial charge in [0, 0.05) is 33.5 Å². The number of fused-ring (bicyclic) bond motifs is 6. The molecule has 400 valence electrons. The number of nitrogens with zero attached hydrogens (tertiary/aromatic N) is 2. The van der Waals surface area contributed by atoms with Crippen molar-refractivity contribution >= 4 is 120 Å². The average Bonchev–Trinajstić information content (AvgIpc) is 0.772. The molecule has 0 aromatic heterocycles. The summed E-state index contributed by atoms with van der Waals surface area (Å²) in [7, 11) is 0. The highest BCUT2D eigenvalue weighted by atomic mass is 15.1. The van der Waals surface area contributed by atoms with Crippen LogP contribution >= 0.6 is 0 Å². The lowest BCUT2D eigenvalue weighted by atomic mass is 9.88. The summed E-state index contributed by atoms with van der Waals surface area (Å²) in [4.78, 5) is 4.96. The van der Waals surface area contributed by atoms with Crippen molar-refractivity contribution in [2.24, 2.45) is 0 Å². The van der Waals surface area contributed by atoms with Gasteiger partial charge in [-0.3, -0.25) is 0 Å². The van der Waals surface area contributed by atoms with Crippen LogP contribution in [0.5, 0.6) is 0 Å². The summed E-state index contributed by atoms with van der Waals surface area (Å²) in [6, 6.07) is 121. The molecule has 0 radical (unpaired) electrons. The van der Waals surface area contributed by atoms with Gasteiger partial charge in [0.25, 0.3) is 0 Å². The smallest absolute Gasteiger partial charge is 0.0540 e. The van der Waals surface area contributed by atoms with E-state index < -0.39 is 0 Å². The molecule has 17 aromatic carbocycles. The number of anilines is 6.